The molecule has 0 aromatic rings. The third kappa shape index (κ3) is 1.54. The molecule has 3 unspecified atom stereocenters. The van der Waals surface area contributed by atoms with Crippen LogP contribution in [0.4, 0.5) is 0 Å². The Morgan fingerprint density at radius 1 is 1.54 bits per heavy atom. The van der Waals surface area contributed by atoms with E-state index in [9.17, 15) is 5.11 Å². The van der Waals surface area contributed by atoms with Crippen LogP contribution in [0.25, 0.3) is 0 Å². The quantitative estimate of drug-likeness (QED) is 0.568. The number of aliphatic hydroxyl groups excluding tert-OH is 1. The van der Waals surface area contributed by atoms with E-state index >= 15 is 0 Å². The summed E-state index contributed by atoms with van der Waals surface area (Å²) in [6.07, 6.45) is 8.12. The van der Waals surface area contributed by atoms with Gasteiger partial charge in [0.05, 0.1) is 6.10 Å². The Morgan fingerprint density at radius 2 is 2.31 bits per heavy atom. The maximum Gasteiger partial charge on any atom is 0.0576 e. The average Bonchev–Trinajstić information content (AvgIpc) is 2.02. The van der Waals surface area contributed by atoms with E-state index in [1.165, 1.54) is 24.8 Å². The Bertz CT molecular complexity index is 231. The number of hydrogen-bond donors (Lipinski definition) is 1. The molecule has 1 nitrogen and oxygen atoms in total. The standard InChI is InChI=1S/C12H20O/c1-9-5-6-10-11(13)4-3-7-12(10,2)8-9/h5,10-11,13H,3-4,6-8H2,1-2H3. The second-order valence-electron chi connectivity index (χ2n) is 5.18. The SMILES string of the molecule is CC1=CCC2C(O)CCCC2(C)C1. The number of aliphatic hydroxyl groups is 1. The summed E-state index contributed by atoms with van der Waals surface area (Å²) < 4.78 is 0. The Kier molecular flexibility index (Phi) is 2.23. The molecule has 3 atom stereocenters. The Morgan fingerprint density at radius 3 is 3.08 bits per heavy atom. The van der Waals surface area contributed by atoms with E-state index in [1.807, 2.05) is 0 Å². The summed E-state index contributed by atoms with van der Waals surface area (Å²) in [5, 5.41) is 9.93. The van der Waals surface area contributed by atoms with Gasteiger partial charge in [-0.2, -0.15) is 0 Å². The number of allylic oxidation sites excluding steroid dienone is 2. The number of fused-ring (bicyclic) bond motifs is 1. The molecule has 0 radical (unpaired) electrons. The maximum absolute atomic E-state index is 9.93. The fraction of sp³-hybridized carbons (Fsp3) is 0.833. The molecule has 0 aromatic heterocycles. The first-order valence-electron chi connectivity index (χ1n) is 5.45. The highest BCUT2D eigenvalue weighted by atomic mass is 16.3. The van der Waals surface area contributed by atoms with Gasteiger partial charge in [0.2, 0.25) is 0 Å². The topological polar surface area (TPSA) is 20.2 Å². The van der Waals surface area contributed by atoms with Crippen LogP contribution in [0, 0.1) is 11.3 Å². The zero-order valence-corrected chi connectivity index (χ0v) is 8.71. The van der Waals surface area contributed by atoms with Crippen molar-refractivity contribution in [3.8, 4) is 0 Å². The van der Waals surface area contributed by atoms with Crippen LogP contribution in [0.2, 0.25) is 0 Å². The molecule has 0 spiro atoms. The molecular weight excluding hydrogens is 160 g/mol. The third-order valence-electron chi connectivity index (χ3n) is 4.01. The van der Waals surface area contributed by atoms with Crippen LogP contribution in [-0.4, -0.2) is 11.2 Å². The fourth-order valence-corrected chi connectivity index (χ4v) is 3.26. The van der Waals surface area contributed by atoms with Crippen LogP contribution >= 0.6 is 0 Å². The summed E-state index contributed by atoms with van der Waals surface area (Å²) in [5.74, 6) is 0.532. The molecule has 0 saturated heterocycles. The molecule has 0 aliphatic heterocycles. The second kappa shape index (κ2) is 3.13. The molecule has 2 aliphatic rings. The maximum atomic E-state index is 9.93. The summed E-state index contributed by atoms with van der Waals surface area (Å²) >= 11 is 0. The van der Waals surface area contributed by atoms with Gasteiger partial charge in [-0.25, -0.2) is 0 Å². The Labute approximate surface area is 80.8 Å². The molecule has 2 rings (SSSR count). The smallest absolute Gasteiger partial charge is 0.0576 e. The molecule has 1 saturated carbocycles. The lowest BCUT2D eigenvalue weighted by atomic mass is 9.60. The summed E-state index contributed by atoms with van der Waals surface area (Å²) in [4.78, 5) is 0. The Balaban J connectivity index is 2.22. The molecule has 0 bridgehead atoms. The van der Waals surface area contributed by atoms with E-state index in [0.29, 0.717) is 11.3 Å². The van der Waals surface area contributed by atoms with Gasteiger partial charge in [0.15, 0.2) is 0 Å². The highest BCUT2D eigenvalue weighted by Crippen LogP contribution is 2.49. The van der Waals surface area contributed by atoms with Gasteiger partial charge in [0.1, 0.15) is 0 Å². The highest BCUT2D eigenvalue weighted by Gasteiger charge is 2.42. The van der Waals surface area contributed by atoms with Crippen molar-refractivity contribution in [2.75, 3.05) is 0 Å². The predicted octanol–water partition coefficient (Wildman–Crippen LogP) is 2.89. The highest BCUT2D eigenvalue weighted by molar-refractivity contribution is 5.12. The van der Waals surface area contributed by atoms with E-state index in [1.54, 1.807) is 0 Å². The second-order valence-corrected chi connectivity index (χ2v) is 5.18. The largest absolute Gasteiger partial charge is 0.393 e. The zero-order valence-electron chi connectivity index (χ0n) is 8.71. The summed E-state index contributed by atoms with van der Waals surface area (Å²) in [5.41, 5.74) is 1.92. The van der Waals surface area contributed by atoms with E-state index in [2.05, 4.69) is 19.9 Å². The molecule has 0 amide bonds. The lowest BCUT2D eigenvalue weighted by Crippen LogP contribution is -2.41. The van der Waals surface area contributed by atoms with Crippen LogP contribution in [0.5, 0.6) is 0 Å². The van der Waals surface area contributed by atoms with Crippen LogP contribution in [0.15, 0.2) is 11.6 Å². The predicted molar refractivity (Wildman–Crippen MR) is 54.4 cm³/mol. The van der Waals surface area contributed by atoms with Crippen molar-refractivity contribution in [3.63, 3.8) is 0 Å². The normalized spacial score (nSPS) is 45.3. The van der Waals surface area contributed by atoms with Gasteiger partial charge in [-0.1, -0.05) is 25.0 Å². The molecule has 0 aromatic carbocycles. The van der Waals surface area contributed by atoms with Crippen LogP contribution in [0.1, 0.15) is 46.0 Å². The van der Waals surface area contributed by atoms with E-state index in [4.69, 9.17) is 0 Å². The summed E-state index contributed by atoms with van der Waals surface area (Å²) in [6, 6.07) is 0. The van der Waals surface area contributed by atoms with Crippen molar-refractivity contribution in [1.29, 1.82) is 0 Å². The van der Waals surface area contributed by atoms with Crippen molar-refractivity contribution in [2.45, 2.75) is 52.1 Å². The number of rotatable bonds is 0. The third-order valence-corrected chi connectivity index (χ3v) is 4.01. The molecule has 1 heteroatoms. The lowest BCUT2D eigenvalue weighted by molar-refractivity contribution is -0.0210. The summed E-state index contributed by atoms with van der Waals surface area (Å²) in [6.45, 7) is 4.58. The van der Waals surface area contributed by atoms with Gasteiger partial charge in [-0.05, 0) is 43.9 Å². The minimum atomic E-state index is -0.0388. The van der Waals surface area contributed by atoms with Crippen molar-refractivity contribution in [3.05, 3.63) is 11.6 Å². The molecule has 13 heavy (non-hydrogen) atoms. The van der Waals surface area contributed by atoms with Gasteiger partial charge in [0.25, 0.3) is 0 Å². The van der Waals surface area contributed by atoms with E-state index < -0.39 is 0 Å². The van der Waals surface area contributed by atoms with Crippen LogP contribution < -0.4 is 0 Å². The molecule has 1 N–H and O–H groups in total. The summed E-state index contributed by atoms with van der Waals surface area (Å²) in [7, 11) is 0. The molecule has 0 heterocycles. The first kappa shape index (κ1) is 9.26. The fourth-order valence-electron chi connectivity index (χ4n) is 3.26. The molecule has 2 aliphatic carbocycles. The van der Waals surface area contributed by atoms with Crippen LogP contribution in [-0.2, 0) is 0 Å². The molecule has 74 valence electrons. The van der Waals surface area contributed by atoms with Gasteiger partial charge in [-0.3, -0.25) is 0 Å². The first-order chi connectivity index (χ1) is 6.12. The lowest BCUT2D eigenvalue weighted by Gasteiger charge is -2.46. The first-order valence-corrected chi connectivity index (χ1v) is 5.45. The van der Waals surface area contributed by atoms with Gasteiger partial charge in [-0.15, -0.1) is 0 Å². The zero-order chi connectivity index (χ0) is 9.47. The average molecular weight is 180 g/mol. The van der Waals surface area contributed by atoms with Gasteiger partial charge >= 0.3 is 0 Å². The van der Waals surface area contributed by atoms with Gasteiger partial charge in [0, 0.05) is 0 Å². The monoisotopic (exact) mass is 180 g/mol. The van der Waals surface area contributed by atoms with Crippen molar-refractivity contribution < 1.29 is 5.11 Å². The van der Waals surface area contributed by atoms with Crippen molar-refractivity contribution in [1.82, 2.24) is 0 Å². The number of hydrogen-bond acceptors (Lipinski definition) is 1. The minimum absolute atomic E-state index is 0.0388. The Hall–Kier alpha value is -0.300. The van der Waals surface area contributed by atoms with Crippen molar-refractivity contribution >= 4 is 0 Å². The van der Waals surface area contributed by atoms with Gasteiger partial charge < -0.3 is 5.11 Å². The van der Waals surface area contributed by atoms with E-state index in [-0.39, 0.29) is 6.10 Å². The minimum Gasteiger partial charge on any atom is -0.393 e. The van der Waals surface area contributed by atoms with E-state index in [0.717, 1.165) is 12.8 Å². The molecule has 1 fully saturated rings. The molecular formula is C12H20O. The van der Waals surface area contributed by atoms with Crippen LogP contribution in [0.3, 0.4) is 0 Å². The van der Waals surface area contributed by atoms with Crippen molar-refractivity contribution in [2.24, 2.45) is 11.3 Å².